The Hall–Kier alpha value is -1.59. The van der Waals surface area contributed by atoms with Crippen LogP contribution in [-0.4, -0.2) is 47.8 Å². The molecule has 0 aromatic heterocycles. The molecule has 23 heavy (non-hydrogen) atoms. The van der Waals surface area contributed by atoms with Gasteiger partial charge in [0.25, 0.3) is 0 Å². The van der Waals surface area contributed by atoms with Crippen molar-refractivity contribution in [3.05, 3.63) is 35.4 Å². The number of hydrogen-bond acceptors (Lipinski definition) is 3. The van der Waals surface area contributed by atoms with E-state index in [2.05, 4.69) is 39.8 Å². The zero-order valence-electron chi connectivity index (χ0n) is 13.7. The van der Waals surface area contributed by atoms with E-state index < -0.39 is 5.60 Å². The quantitative estimate of drug-likeness (QED) is 0.774. The van der Waals surface area contributed by atoms with E-state index in [-0.39, 0.29) is 6.03 Å². The number of benzene rings is 1. The lowest BCUT2D eigenvalue weighted by atomic mass is 10.00. The molecule has 0 unspecified atom stereocenters. The van der Waals surface area contributed by atoms with E-state index in [1.165, 1.54) is 11.1 Å². The van der Waals surface area contributed by atoms with Gasteiger partial charge in [-0.15, -0.1) is 0 Å². The molecule has 0 spiro atoms. The molecule has 1 saturated carbocycles. The van der Waals surface area contributed by atoms with Gasteiger partial charge in [-0.1, -0.05) is 37.1 Å². The Balaban J connectivity index is 1.34. The third-order valence-electron chi connectivity index (χ3n) is 5.04. The van der Waals surface area contributed by atoms with Crippen molar-refractivity contribution in [2.45, 2.75) is 44.2 Å². The van der Waals surface area contributed by atoms with E-state index in [1.54, 1.807) is 0 Å². The van der Waals surface area contributed by atoms with Gasteiger partial charge >= 0.3 is 6.03 Å². The standard InChI is InChI=1S/C18H27N3O2/c22-17(20-14-18(23)8-3-4-9-18)19-10-12-21-11-7-15-5-1-2-6-16(15)13-21/h1-2,5-6,23H,3-4,7-14H2,(H2,19,20,22). The third kappa shape index (κ3) is 4.45. The molecule has 3 rings (SSSR count). The molecule has 0 radical (unpaired) electrons. The van der Waals surface area contributed by atoms with Gasteiger partial charge in [-0.25, -0.2) is 4.79 Å². The second kappa shape index (κ2) is 7.32. The summed E-state index contributed by atoms with van der Waals surface area (Å²) in [5.74, 6) is 0. The van der Waals surface area contributed by atoms with E-state index in [1.807, 2.05) is 0 Å². The van der Waals surface area contributed by atoms with Gasteiger partial charge < -0.3 is 15.7 Å². The van der Waals surface area contributed by atoms with E-state index >= 15 is 0 Å². The molecule has 1 aliphatic carbocycles. The first-order chi connectivity index (χ1) is 11.1. The highest BCUT2D eigenvalue weighted by Crippen LogP contribution is 2.28. The van der Waals surface area contributed by atoms with Crippen LogP contribution >= 0.6 is 0 Å². The van der Waals surface area contributed by atoms with Crippen molar-refractivity contribution in [1.29, 1.82) is 0 Å². The molecule has 2 aliphatic rings. The summed E-state index contributed by atoms with van der Waals surface area (Å²) in [6, 6.07) is 8.39. The molecule has 1 aliphatic heterocycles. The minimum absolute atomic E-state index is 0.178. The van der Waals surface area contributed by atoms with Crippen LogP contribution in [0, 0.1) is 0 Å². The van der Waals surface area contributed by atoms with Crippen LogP contribution in [0.1, 0.15) is 36.8 Å². The zero-order chi connectivity index (χ0) is 16.1. The van der Waals surface area contributed by atoms with E-state index in [0.717, 1.165) is 51.7 Å². The van der Waals surface area contributed by atoms with Crippen LogP contribution in [0.3, 0.4) is 0 Å². The average molecular weight is 317 g/mol. The summed E-state index contributed by atoms with van der Waals surface area (Å²) in [6.07, 6.45) is 4.77. The van der Waals surface area contributed by atoms with E-state index in [9.17, 15) is 9.90 Å². The first-order valence-electron chi connectivity index (χ1n) is 8.68. The van der Waals surface area contributed by atoms with Gasteiger partial charge in [-0.2, -0.15) is 0 Å². The summed E-state index contributed by atoms with van der Waals surface area (Å²) < 4.78 is 0. The van der Waals surface area contributed by atoms with Crippen molar-refractivity contribution >= 4 is 6.03 Å². The predicted octanol–water partition coefficient (Wildman–Crippen LogP) is 1.65. The third-order valence-corrected chi connectivity index (χ3v) is 5.04. The number of nitrogens with one attached hydrogen (secondary N) is 2. The Kier molecular flexibility index (Phi) is 5.18. The maximum absolute atomic E-state index is 11.8. The molecule has 0 bridgehead atoms. The maximum Gasteiger partial charge on any atom is 0.314 e. The normalized spacial score (nSPS) is 20.0. The SMILES string of the molecule is O=C(NCCN1CCc2ccccc2C1)NCC1(O)CCCC1. The van der Waals surface area contributed by atoms with Crippen molar-refractivity contribution in [2.24, 2.45) is 0 Å². The second-order valence-corrected chi connectivity index (χ2v) is 6.84. The molecule has 126 valence electrons. The van der Waals surface area contributed by atoms with Crippen LogP contribution in [0.4, 0.5) is 4.79 Å². The Labute approximate surface area is 138 Å². The van der Waals surface area contributed by atoms with E-state index in [4.69, 9.17) is 0 Å². The number of nitrogens with zero attached hydrogens (tertiary/aromatic N) is 1. The number of amides is 2. The van der Waals surface area contributed by atoms with Gasteiger partial charge in [0.2, 0.25) is 0 Å². The van der Waals surface area contributed by atoms with Crippen LogP contribution in [0.5, 0.6) is 0 Å². The predicted molar refractivity (Wildman–Crippen MR) is 90.2 cm³/mol. The Morgan fingerprint density at radius 1 is 1.17 bits per heavy atom. The monoisotopic (exact) mass is 317 g/mol. The molecule has 1 heterocycles. The van der Waals surface area contributed by atoms with Crippen LogP contribution in [-0.2, 0) is 13.0 Å². The summed E-state index contributed by atoms with van der Waals surface area (Å²) in [5.41, 5.74) is 2.15. The molecule has 0 saturated heterocycles. The van der Waals surface area contributed by atoms with Gasteiger partial charge in [0.1, 0.15) is 0 Å². The minimum atomic E-state index is -0.687. The molecule has 3 N–H and O–H groups in total. The highest BCUT2D eigenvalue weighted by atomic mass is 16.3. The summed E-state index contributed by atoms with van der Waals surface area (Å²) in [7, 11) is 0. The molecule has 5 heteroatoms. The van der Waals surface area contributed by atoms with Gasteiger partial charge in [0.05, 0.1) is 5.60 Å². The molecule has 1 aromatic carbocycles. The van der Waals surface area contributed by atoms with Crippen molar-refractivity contribution in [3.8, 4) is 0 Å². The van der Waals surface area contributed by atoms with Crippen LogP contribution in [0.2, 0.25) is 0 Å². The number of urea groups is 1. The molecular formula is C18H27N3O2. The second-order valence-electron chi connectivity index (χ2n) is 6.84. The van der Waals surface area contributed by atoms with Gasteiger partial charge in [-0.3, -0.25) is 4.90 Å². The van der Waals surface area contributed by atoms with Gasteiger partial charge in [0, 0.05) is 32.7 Å². The number of fused-ring (bicyclic) bond motifs is 1. The van der Waals surface area contributed by atoms with Crippen molar-refractivity contribution in [3.63, 3.8) is 0 Å². The van der Waals surface area contributed by atoms with Crippen LogP contribution in [0.25, 0.3) is 0 Å². The molecule has 1 fully saturated rings. The average Bonchev–Trinajstić information content (AvgIpc) is 3.00. The fourth-order valence-corrected chi connectivity index (χ4v) is 3.59. The fourth-order valence-electron chi connectivity index (χ4n) is 3.59. The molecule has 1 aromatic rings. The summed E-state index contributed by atoms with van der Waals surface area (Å²) >= 11 is 0. The van der Waals surface area contributed by atoms with Crippen LogP contribution in [0.15, 0.2) is 24.3 Å². The van der Waals surface area contributed by atoms with Gasteiger partial charge in [-0.05, 0) is 30.4 Å². The summed E-state index contributed by atoms with van der Waals surface area (Å²) in [6.45, 7) is 3.84. The number of hydrogen-bond donors (Lipinski definition) is 3. The topological polar surface area (TPSA) is 64.6 Å². The van der Waals surface area contributed by atoms with E-state index in [0.29, 0.717) is 13.1 Å². The molecule has 0 atom stereocenters. The van der Waals surface area contributed by atoms with Crippen molar-refractivity contribution in [1.82, 2.24) is 15.5 Å². The first kappa shape index (κ1) is 16.3. The summed E-state index contributed by atoms with van der Waals surface area (Å²) in [4.78, 5) is 14.2. The molecular weight excluding hydrogens is 290 g/mol. The Morgan fingerprint density at radius 3 is 2.70 bits per heavy atom. The lowest BCUT2D eigenvalue weighted by Crippen LogP contribution is -2.46. The maximum atomic E-state index is 11.8. The van der Waals surface area contributed by atoms with Crippen molar-refractivity contribution in [2.75, 3.05) is 26.2 Å². The number of rotatable bonds is 5. The first-order valence-corrected chi connectivity index (χ1v) is 8.68. The lowest BCUT2D eigenvalue weighted by molar-refractivity contribution is 0.0501. The molecule has 2 amide bonds. The van der Waals surface area contributed by atoms with Crippen molar-refractivity contribution < 1.29 is 9.90 Å². The number of aliphatic hydroxyl groups is 1. The highest BCUT2D eigenvalue weighted by Gasteiger charge is 2.31. The summed E-state index contributed by atoms with van der Waals surface area (Å²) in [5, 5.41) is 15.9. The smallest absolute Gasteiger partial charge is 0.314 e. The van der Waals surface area contributed by atoms with Crippen LogP contribution < -0.4 is 10.6 Å². The zero-order valence-corrected chi connectivity index (χ0v) is 13.7. The highest BCUT2D eigenvalue weighted by molar-refractivity contribution is 5.73. The lowest BCUT2D eigenvalue weighted by Gasteiger charge is -2.28. The fraction of sp³-hybridized carbons (Fsp3) is 0.611. The number of carbonyl (C=O) groups excluding carboxylic acids is 1. The minimum Gasteiger partial charge on any atom is -0.388 e. The Bertz CT molecular complexity index is 541. The van der Waals surface area contributed by atoms with Gasteiger partial charge in [0.15, 0.2) is 0 Å². The number of carbonyl (C=O) groups is 1. The largest absolute Gasteiger partial charge is 0.388 e. The molecule has 5 nitrogen and oxygen atoms in total. The Morgan fingerprint density at radius 2 is 1.91 bits per heavy atom.